The molecule has 2 atom stereocenters. The number of allylic oxidation sites excluding steroid dienone is 2. The summed E-state index contributed by atoms with van der Waals surface area (Å²) in [4.78, 5) is 26.7. The zero-order valence-corrected chi connectivity index (χ0v) is 18.6. The monoisotopic (exact) mass is 451 g/mol. The van der Waals surface area contributed by atoms with Crippen molar-refractivity contribution >= 4 is 23.4 Å². The van der Waals surface area contributed by atoms with E-state index in [4.69, 9.17) is 22.1 Å². The first-order chi connectivity index (χ1) is 15.4. The molecule has 0 aliphatic carbocycles. The number of primary amides is 1. The first-order valence-corrected chi connectivity index (χ1v) is 11.1. The Bertz CT molecular complexity index is 1100. The summed E-state index contributed by atoms with van der Waals surface area (Å²) in [5.41, 5.74) is 7.95. The van der Waals surface area contributed by atoms with Crippen LogP contribution < -0.4 is 15.8 Å². The molecule has 166 valence electrons. The van der Waals surface area contributed by atoms with E-state index in [0.29, 0.717) is 35.9 Å². The number of hydrogen-bond donors (Lipinski definition) is 2. The molecule has 4 rings (SSSR count). The second-order valence-electron chi connectivity index (χ2n) is 8.04. The Morgan fingerprint density at radius 3 is 2.81 bits per heavy atom. The molecule has 2 aromatic rings. The first kappa shape index (κ1) is 22.0. The highest BCUT2D eigenvalue weighted by atomic mass is 35.5. The van der Waals surface area contributed by atoms with Crippen molar-refractivity contribution in [2.45, 2.75) is 31.7 Å². The Morgan fingerprint density at radius 2 is 2.09 bits per heavy atom. The van der Waals surface area contributed by atoms with E-state index in [1.807, 2.05) is 53.5 Å². The Morgan fingerprint density at radius 1 is 1.28 bits per heavy atom. The predicted molar refractivity (Wildman–Crippen MR) is 125 cm³/mol. The van der Waals surface area contributed by atoms with Crippen molar-refractivity contribution in [1.82, 2.24) is 10.2 Å². The molecule has 1 fully saturated rings. The molecule has 0 radical (unpaired) electrons. The first-order valence-electron chi connectivity index (χ1n) is 10.7. The van der Waals surface area contributed by atoms with Crippen molar-refractivity contribution in [3.05, 3.63) is 82.5 Å². The third-order valence-electron chi connectivity index (χ3n) is 5.87. The van der Waals surface area contributed by atoms with Gasteiger partial charge in [0.2, 0.25) is 11.8 Å². The lowest BCUT2D eigenvalue weighted by molar-refractivity contribution is -0.127. The summed E-state index contributed by atoms with van der Waals surface area (Å²) in [6, 6.07) is 13.2. The minimum Gasteiger partial charge on any atom is -0.457 e. The molecular formula is C25H26ClN3O3. The third-order valence-corrected chi connectivity index (χ3v) is 6.10. The lowest BCUT2D eigenvalue weighted by Gasteiger charge is -2.24. The molecule has 6 nitrogen and oxygen atoms in total. The van der Waals surface area contributed by atoms with Crippen LogP contribution in [0.4, 0.5) is 0 Å². The summed E-state index contributed by atoms with van der Waals surface area (Å²) in [6.07, 6.45) is 6.67. The summed E-state index contributed by atoms with van der Waals surface area (Å²) in [5, 5.41) is 3.80. The normalized spacial score (nSPS) is 20.1. The fourth-order valence-corrected chi connectivity index (χ4v) is 4.33. The maximum Gasteiger partial charge on any atom is 0.249 e. The summed E-state index contributed by atoms with van der Waals surface area (Å²) in [5.74, 6) is 0.719. The third kappa shape index (κ3) is 4.81. The van der Waals surface area contributed by atoms with Crippen LogP contribution in [0.25, 0.3) is 0 Å². The van der Waals surface area contributed by atoms with E-state index in [2.05, 4.69) is 12.2 Å². The highest BCUT2D eigenvalue weighted by Gasteiger charge is 2.33. The molecule has 2 aliphatic heterocycles. The van der Waals surface area contributed by atoms with E-state index in [0.717, 1.165) is 23.3 Å². The second-order valence-corrected chi connectivity index (χ2v) is 8.47. The summed E-state index contributed by atoms with van der Waals surface area (Å²) in [7, 11) is 0. The van der Waals surface area contributed by atoms with E-state index in [1.165, 1.54) is 0 Å². The molecule has 2 unspecified atom stereocenters. The highest BCUT2D eigenvalue weighted by molar-refractivity contribution is 6.31. The lowest BCUT2D eigenvalue weighted by Crippen LogP contribution is -2.39. The molecule has 0 aromatic heterocycles. The molecule has 3 N–H and O–H groups in total. The van der Waals surface area contributed by atoms with Gasteiger partial charge in [0.05, 0.1) is 11.1 Å². The summed E-state index contributed by atoms with van der Waals surface area (Å²) in [6.45, 7) is 3.13. The van der Waals surface area contributed by atoms with Crippen LogP contribution in [0.5, 0.6) is 11.5 Å². The topological polar surface area (TPSA) is 84.7 Å². The van der Waals surface area contributed by atoms with Gasteiger partial charge in [-0.15, -0.1) is 0 Å². The van der Waals surface area contributed by atoms with Crippen molar-refractivity contribution in [3.63, 3.8) is 0 Å². The number of nitrogens with two attached hydrogens (primary N) is 1. The molecule has 2 amide bonds. The number of hydrogen-bond acceptors (Lipinski definition) is 4. The Hall–Kier alpha value is -3.25. The fraction of sp³-hybridized carbons (Fsp3) is 0.280. The fourth-order valence-electron chi connectivity index (χ4n) is 4.20. The van der Waals surface area contributed by atoms with E-state index < -0.39 is 5.91 Å². The van der Waals surface area contributed by atoms with Gasteiger partial charge in [-0.3, -0.25) is 9.59 Å². The Balaban J connectivity index is 1.51. The average Bonchev–Trinajstić information content (AvgIpc) is 3.15. The highest BCUT2D eigenvalue weighted by Crippen LogP contribution is 2.34. The lowest BCUT2D eigenvalue weighted by atomic mass is 9.92. The smallest absolute Gasteiger partial charge is 0.249 e. The molecular weight excluding hydrogens is 426 g/mol. The van der Waals surface area contributed by atoms with Gasteiger partial charge in [-0.2, -0.15) is 0 Å². The number of halogens is 1. The van der Waals surface area contributed by atoms with Crippen molar-refractivity contribution in [2.24, 2.45) is 5.73 Å². The van der Waals surface area contributed by atoms with Crippen molar-refractivity contribution in [2.75, 3.05) is 13.1 Å². The summed E-state index contributed by atoms with van der Waals surface area (Å²) < 4.78 is 6.04. The van der Waals surface area contributed by atoms with Crippen LogP contribution in [0.3, 0.4) is 0 Å². The second kappa shape index (κ2) is 9.49. The van der Waals surface area contributed by atoms with E-state index in [1.54, 1.807) is 12.3 Å². The maximum absolute atomic E-state index is 12.6. The average molecular weight is 452 g/mol. The number of aryl methyl sites for hydroxylation is 1. The molecule has 1 saturated heterocycles. The number of carbonyl (C=O) groups is 2. The number of nitrogens with one attached hydrogen (secondary N) is 1. The van der Waals surface area contributed by atoms with Gasteiger partial charge in [-0.25, -0.2) is 0 Å². The molecule has 0 spiro atoms. The standard InChI is InChI=1S/C25H26ClN3O3/c1-2-16-5-3-4-6-23(16)32-20-9-10-21(22(12-20)25(27)31)17-11-24(30)29(14-17)15-19-8-7-18(26)13-28-19/h3-10,12-13,17,19,28H,2,11,14-15H2,1H3,(H2,27,31). The zero-order chi connectivity index (χ0) is 22.7. The van der Waals surface area contributed by atoms with E-state index in [9.17, 15) is 9.59 Å². The van der Waals surface area contributed by atoms with Gasteiger partial charge in [0.25, 0.3) is 0 Å². The van der Waals surface area contributed by atoms with Crippen LogP contribution in [0.2, 0.25) is 0 Å². The molecule has 32 heavy (non-hydrogen) atoms. The SMILES string of the molecule is CCc1ccccc1Oc1ccc(C2CC(=O)N(CC3C=CC(Cl)=CN3)C2)c(C(N)=O)c1. The van der Waals surface area contributed by atoms with Crippen LogP contribution in [0, 0.1) is 0 Å². The number of rotatable bonds is 7. The van der Waals surface area contributed by atoms with Gasteiger partial charge in [-0.1, -0.05) is 48.9 Å². The van der Waals surface area contributed by atoms with Crippen LogP contribution in [0.15, 0.2) is 65.8 Å². The number of nitrogens with zero attached hydrogens (tertiary/aromatic N) is 1. The van der Waals surface area contributed by atoms with Gasteiger partial charge < -0.3 is 20.7 Å². The van der Waals surface area contributed by atoms with Gasteiger partial charge in [-0.05, 0) is 41.8 Å². The van der Waals surface area contributed by atoms with Crippen molar-refractivity contribution in [3.8, 4) is 11.5 Å². The molecule has 2 heterocycles. The van der Waals surface area contributed by atoms with Crippen LogP contribution >= 0.6 is 11.6 Å². The van der Waals surface area contributed by atoms with Crippen molar-refractivity contribution in [1.29, 1.82) is 0 Å². The van der Waals surface area contributed by atoms with E-state index >= 15 is 0 Å². The number of likely N-dealkylation sites (tertiary alicyclic amines) is 1. The number of amides is 2. The number of benzene rings is 2. The number of para-hydroxylation sites is 1. The predicted octanol–water partition coefficient (Wildman–Crippen LogP) is 4.06. The summed E-state index contributed by atoms with van der Waals surface area (Å²) >= 11 is 5.94. The molecule has 2 aromatic carbocycles. The van der Waals surface area contributed by atoms with Gasteiger partial charge >= 0.3 is 0 Å². The molecule has 0 bridgehead atoms. The number of dihydropyridines is 1. The zero-order valence-electron chi connectivity index (χ0n) is 17.9. The largest absolute Gasteiger partial charge is 0.457 e. The minimum absolute atomic E-state index is 0.00483. The van der Waals surface area contributed by atoms with Gasteiger partial charge in [0, 0.05) is 37.2 Å². The Labute approximate surface area is 192 Å². The minimum atomic E-state index is -0.531. The number of ether oxygens (including phenoxy) is 1. The van der Waals surface area contributed by atoms with Gasteiger partial charge in [0.1, 0.15) is 11.5 Å². The molecule has 0 saturated carbocycles. The molecule has 7 heteroatoms. The quantitative estimate of drug-likeness (QED) is 0.664. The maximum atomic E-state index is 12.6. The van der Waals surface area contributed by atoms with Crippen molar-refractivity contribution < 1.29 is 14.3 Å². The van der Waals surface area contributed by atoms with Crippen LogP contribution in [-0.2, 0) is 11.2 Å². The van der Waals surface area contributed by atoms with E-state index in [-0.39, 0.29) is 17.9 Å². The van der Waals surface area contributed by atoms with Crippen LogP contribution in [-0.4, -0.2) is 35.8 Å². The molecule has 2 aliphatic rings. The van der Waals surface area contributed by atoms with Gasteiger partial charge in [0.15, 0.2) is 0 Å². The number of carbonyl (C=O) groups excluding carboxylic acids is 2. The Kier molecular flexibility index (Phi) is 6.51. The van der Waals surface area contributed by atoms with Crippen LogP contribution in [0.1, 0.15) is 40.7 Å².